The zero-order valence-electron chi connectivity index (χ0n) is 2.70. The SMILES string of the molecule is [N-]=[N+]=[N+]N=C=S. The Hall–Kier alpha value is -0.890. The van der Waals surface area contributed by atoms with E-state index in [1.165, 1.54) is 0 Å². The third kappa shape index (κ3) is 3.11. The average molecular weight is 100 g/mol. The lowest BCUT2D eigenvalue weighted by molar-refractivity contribution is 1.08. The summed E-state index contributed by atoms with van der Waals surface area (Å²) in [5, 5.41) is 7.40. The van der Waals surface area contributed by atoms with Gasteiger partial charge in [-0.3, -0.25) is 0 Å². The summed E-state index contributed by atoms with van der Waals surface area (Å²) in [5.41, 5.74) is 7.48. The number of thiocarbonyl (C=S) groups is 1. The Morgan fingerprint density at radius 3 is 2.67 bits per heavy atom. The Kier molecular flexibility index (Phi) is 3.50. The van der Waals surface area contributed by atoms with Gasteiger partial charge >= 0.3 is 0 Å². The summed E-state index contributed by atoms with van der Waals surface area (Å²) in [6.45, 7) is 0. The molecule has 0 aromatic heterocycles. The molecule has 0 saturated carbocycles. The van der Waals surface area contributed by atoms with E-state index in [4.69, 9.17) is 5.53 Å². The van der Waals surface area contributed by atoms with E-state index in [9.17, 15) is 0 Å². The Morgan fingerprint density at radius 2 is 2.50 bits per heavy atom. The van der Waals surface area contributed by atoms with E-state index < -0.39 is 0 Å². The predicted octanol–water partition coefficient (Wildman–Crippen LogP) is 0.650. The molecular weight excluding hydrogens is 100 g/mol. The molecule has 29 valence electrons. The smallest absolute Gasteiger partial charge is 0.0253 e. The minimum Gasteiger partial charge on any atom is 0.0253 e. The number of hydrogen-bond acceptors (Lipinski definition) is 2. The van der Waals surface area contributed by atoms with Crippen LogP contribution in [0.1, 0.15) is 0 Å². The molecule has 0 saturated heterocycles. The van der Waals surface area contributed by atoms with Crippen LogP contribution in [0.15, 0.2) is 5.10 Å². The van der Waals surface area contributed by atoms with Crippen LogP contribution in [0.3, 0.4) is 0 Å². The van der Waals surface area contributed by atoms with Crippen LogP contribution in [0, 0.1) is 0 Å². The number of azide groups is 1. The minimum absolute atomic E-state index is 1.86. The van der Waals surface area contributed by atoms with Gasteiger partial charge in [0, 0.05) is 12.2 Å². The van der Waals surface area contributed by atoms with Crippen LogP contribution in [-0.2, 0) is 0 Å². The molecule has 4 nitrogen and oxygen atoms in total. The van der Waals surface area contributed by atoms with E-state index in [2.05, 4.69) is 27.5 Å². The summed E-state index contributed by atoms with van der Waals surface area (Å²) in [5.74, 6) is 0. The highest BCUT2D eigenvalue weighted by molar-refractivity contribution is 7.78. The third-order valence-electron chi connectivity index (χ3n) is 0.126. The highest BCUT2D eigenvalue weighted by Crippen LogP contribution is 1.45. The van der Waals surface area contributed by atoms with Gasteiger partial charge in [-0.15, -0.1) is 0 Å². The van der Waals surface area contributed by atoms with Gasteiger partial charge in [-0.2, -0.15) is 0 Å². The van der Waals surface area contributed by atoms with Crippen LogP contribution in [0.25, 0.3) is 10.4 Å². The number of isothiocyanates is 1. The molecule has 0 aromatic carbocycles. The zero-order valence-corrected chi connectivity index (χ0v) is 3.51. The molecule has 0 bridgehead atoms. The molecule has 0 heterocycles. The number of nitrogens with zero attached hydrogens (tertiary/aromatic N) is 4. The van der Waals surface area contributed by atoms with Gasteiger partial charge in [0.05, 0.1) is 4.91 Å². The summed E-state index contributed by atoms with van der Waals surface area (Å²) in [4.78, 5) is 2.25. The minimum atomic E-state index is 1.86. The van der Waals surface area contributed by atoms with Crippen molar-refractivity contribution in [2.45, 2.75) is 0 Å². The second-order valence-electron chi connectivity index (χ2n) is 0.370. The maximum absolute atomic E-state index is 7.48. The molecule has 0 amide bonds. The lowest BCUT2D eigenvalue weighted by Gasteiger charge is -1.26. The van der Waals surface area contributed by atoms with Crippen molar-refractivity contribution in [3.8, 4) is 0 Å². The monoisotopic (exact) mass is 100.0 g/mol. The third-order valence-corrected chi connectivity index (χ3v) is 0.207. The van der Waals surface area contributed by atoms with Crippen molar-refractivity contribution in [1.29, 1.82) is 0 Å². The Bertz CT molecular complexity index is 99.5. The maximum atomic E-state index is 7.48. The fourth-order valence-corrected chi connectivity index (χ4v) is 0.0748. The van der Waals surface area contributed by atoms with Crippen molar-refractivity contribution in [3.63, 3.8) is 0 Å². The molecule has 0 aliphatic heterocycles. The van der Waals surface area contributed by atoms with Gasteiger partial charge in [0.25, 0.3) is 5.22 Å². The first-order chi connectivity index (χ1) is 2.91. The topological polar surface area (TPSA) is 62.9 Å². The van der Waals surface area contributed by atoms with Crippen LogP contribution in [-0.4, -0.2) is 5.16 Å². The molecule has 1 radical (unpaired) electrons. The van der Waals surface area contributed by atoms with Gasteiger partial charge in [0.15, 0.2) is 5.10 Å². The lowest BCUT2D eigenvalue weighted by Crippen LogP contribution is -1.57. The fourth-order valence-electron chi connectivity index (χ4n) is 0.0383. The summed E-state index contributed by atoms with van der Waals surface area (Å²) >= 11 is 4.04. The standard InChI is InChI=1S/CN4S/c2-4-5-3-1-6/q+1. The molecule has 0 aliphatic rings. The first kappa shape index (κ1) is 5.11. The molecule has 0 unspecified atom stereocenters. The Labute approximate surface area is 39.1 Å². The first-order valence-electron chi connectivity index (χ1n) is 1.03. The first-order valence-corrected chi connectivity index (χ1v) is 1.44. The van der Waals surface area contributed by atoms with Gasteiger partial charge in [-0.05, 0) is 0 Å². The number of rotatable bonds is 1. The Morgan fingerprint density at radius 1 is 1.83 bits per heavy atom. The van der Waals surface area contributed by atoms with Gasteiger partial charge in [-0.1, -0.05) is 0 Å². The molecule has 0 rings (SSSR count). The fraction of sp³-hybridized carbons (Fsp3) is 0. The normalized spacial score (nSPS) is 4.67. The van der Waals surface area contributed by atoms with Crippen LogP contribution in [0.2, 0.25) is 0 Å². The second-order valence-corrected chi connectivity index (χ2v) is 0.553. The lowest BCUT2D eigenvalue weighted by atomic mass is 11.7. The molecule has 0 fully saturated rings. The molecule has 0 aliphatic carbocycles. The van der Waals surface area contributed by atoms with Crippen molar-refractivity contribution in [2.24, 2.45) is 5.10 Å². The summed E-state index contributed by atoms with van der Waals surface area (Å²) in [6.07, 6.45) is 0. The van der Waals surface area contributed by atoms with Gasteiger partial charge in [-0.25, -0.2) is 0 Å². The Balaban J connectivity index is 3.64. The number of hydrogen-bond donors (Lipinski definition) is 0. The van der Waals surface area contributed by atoms with Crippen molar-refractivity contribution >= 4 is 17.4 Å². The average Bonchev–Trinajstić information content (AvgIpc) is 1.61. The molecular formula is CN4S+. The summed E-state index contributed by atoms with van der Waals surface area (Å²) in [7, 11) is 0. The van der Waals surface area contributed by atoms with E-state index in [0.717, 1.165) is 0 Å². The van der Waals surface area contributed by atoms with Crippen LogP contribution in [0.4, 0.5) is 0 Å². The quantitative estimate of drug-likeness (QED) is 0.119. The molecule has 0 N–H and O–H groups in total. The van der Waals surface area contributed by atoms with Crippen molar-refractivity contribution in [3.05, 3.63) is 10.4 Å². The van der Waals surface area contributed by atoms with Crippen molar-refractivity contribution in [1.82, 2.24) is 5.22 Å². The predicted molar refractivity (Wildman–Crippen MR) is 23.9 cm³/mol. The van der Waals surface area contributed by atoms with Gasteiger partial charge < -0.3 is 0 Å². The molecule has 0 atom stereocenters. The molecule has 0 aromatic rings. The molecule has 0 spiro atoms. The van der Waals surface area contributed by atoms with E-state index in [1.54, 1.807) is 0 Å². The van der Waals surface area contributed by atoms with E-state index in [0.29, 0.717) is 0 Å². The maximum Gasteiger partial charge on any atom is 0.283 e. The summed E-state index contributed by atoms with van der Waals surface area (Å²) in [6, 6.07) is 0. The van der Waals surface area contributed by atoms with Gasteiger partial charge in [0.1, 0.15) is 0 Å². The van der Waals surface area contributed by atoms with Crippen molar-refractivity contribution in [2.75, 3.05) is 0 Å². The van der Waals surface area contributed by atoms with E-state index >= 15 is 0 Å². The zero-order chi connectivity index (χ0) is 4.83. The van der Waals surface area contributed by atoms with Crippen LogP contribution < -0.4 is 5.22 Å². The van der Waals surface area contributed by atoms with Crippen LogP contribution >= 0.6 is 12.2 Å². The van der Waals surface area contributed by atoms with Crippen molar-refractivity contribution < 1.29 is 0 Å². The van der Waals surface area contributed by atoms with E-state index in [-0.39, 0.29) is 0 Å². The molecule has 6 heavy (non-hydrogen) atoms. The largest absolute Gasteiger partial charge is 0.283 e. The van der Waals surface area contributed by atoms with Gasteiger partial charge in [0.2, 0.25) is 10.7 Å². The van der Waals surface area contributed by atoms with E-state index in [1.807, 2.05) is 5.16 Å². The highest BCUT2D eigenvalue weighted by Gasteiger charge is 1.65. The van der Waals surface area contributed by atoms with Crippen LogP contribution in [0.5, 0.6) is 0 Å². The second kappa shape index (κ2) is 4.11. The molecule has 5 heteroatoms. The summed E-state index contributed by atoms with van der Waals surface area (Å²) < 4.78 is 0. The highest BCUT2D eigenvalue weighted by atomic mass is 32.1.